The number of carbonyl (C=O) groups excluding carboxylic acids is 1. The van der Waals surface area contributed by atoms with Crippen molar-refractivity contribution in [2.24, 2.45) is 5.92 Å². The molecule has 0 bridgehead atoms. The highest BCUT2D eigenvalue weighted by atomic mass is 32.2. The summed E-state index contributed by atoms with van der Waals surface area (Å²) in [5, 5.41) is 11.7. The number of carboxylic acids is 1. The quantitative estimate of drug-likeness (QED) is 0.699. The lowest BCUT2D eigenvalue weighted by molar-refractivity contribution is -0.147. The summed E-state index contributed by atoms with van der Waals surface area (Å²) in [6.45, 7) is 0.251. The maximum Gasteiger partial charge on any atom is 0.331 e. The van der Waals surface area contributed by atoms with Crippen molar-refractivity contribution in [1.82, 2.24) is 5.32 Å². The van der Waals surface area contributed by atoms with Crippen molar-refractivity contribution < 1.29 is 27.9 Å². The minimum absolute atomic E-state index is 0.0109. The minimum Gasteiger partial charge on any atom is -0.479 e. The van der Waals surface area contributed by atoms with Crippen LogP contribution in [0, 0.1) is 5.92 Å². The number of hydrogen-bond acceptors (Lipinski definition) is 5. The lowest BCUT2D eigenvalue weighted by atomic mass is 9.97. The number of carboxylic acid groups (broad SMARTS) is 1. The Morgan fingerprint density at radius 3 is 2.63 bits per heavy atom. The van der Waals surface area contributed by atoms with Crippen LogP contribution in [0.2, 0.25) is 0 Å². The Labute approximate surface area is 111 Å². The lowest BCUT2D eigenvalue weighted by Crippen LogP contribution is -2.55. The van der Waals surface area contributed by atoms with Gasteiger partial charge in [0.1, 0.15) is 0 Å². The average molecular weight is 291 g/mol. The van der Waals surface area contributed by atoms with Crippen molar-refractivity contribution in [2.75, 3.05) is 24.7 Å². The summed E-state index contributed by atoms with van der Waals surface area (Å²) in [6, 6.07) is 0. The van der Waals surface area contributed by atoms with E-state index in [1.165, 1.54) is 0 Å². The van der Waals surface area contributed by atoms with Crippen LogP contribution in [-0.4, -0.2) is 55.7 Å². The Kier molecular flexibility index (Phi) is 3.82. The van der Waals surface area contributed by atoms with Gasteiger partial charge in [-0.3, -0.25) is 4.79 Å². The fourth-order valence-electron chi connectivity index (χ4n) is 2.50. The summed E-state index contributed by atoms with van der Waals surface area (Å²) in [5.74, 6) is -1.62. The van der Waals surface area contributed by atoms with Crippen LogP contribution in [-0.2, 0) is 24.2 Å². The first-order valence-corrected chi connectivity index (χ1v) is 7.98. The summed E-state index contributed by atoms with van der Waals surface area (Å²) in [7, 11) is -3.02. The van der Waals surface area contributed by atoms with Gasteiger partial charge in [0.25, 0.3) is 0 Å². The van der Waals surface area contributed by atoms with Crippen LogP contribution >= 0.6 is 0 Å². The number of nitrogens with one attached hydrogen (secondary N) is 1. The molecule has 0 radical (unpaired) electrons. The fraction of sp³-hybridized carbons (Fsp3) is 0.818. The molecule has 0 aliphatic carbocycles. The molecule has 0 aromatic rings. The normalized spacial score (nSPS) is 33.2. The van der Waals surface area contributed by atoms with Crippen LogP contribution in [0.25, 0.3) is 0 Å². The molecule has 0 saturated carbocycles. The van der Waals surface area contributed by atoms with Gasteiger partial charge >= 0.3 is 5.97 Å². The minimum atomic E-state index is -3.02. The Morgan fingerprint density at radius 2 is 2.16 bits per heavy atom. The van der Waals surface area contributed by atoms with Crippen molar-refractivity contribution in [3.05, 3.63) is 0 Å². The first-order chi connectivity index (χ1) is 8.83. The van der Waals surface area contributed by atoms with E-state index in [-0.39, 0.29) is 36.9 Å². The zero-order valence-electron chi connectivity index (χ0n) is 10.4. The Bertz CT molecular complexity index is 479. The third-order valence-electron chi connectivity index (χ3n) is 3.61. The molecule has 2 heterocycles. The van der Waals surface area contributed by atoms with Crippen LogP contribution < -0.4 is 5.32 Å². The zero-order chi connectivity index (χ0) is 14.1. The predicted octanol–water partition coefficient (Wildman–Crippen LogP) is -0.829. The number of rotatable bonds is 4. The molecule has 108 valence electrons. The molecule has 2 saturated heterocycles. The summed E-state index contributed by atoms with van der Waals surface area (Å²) in [6.07, 6.45) is 0.748. The number of carbonyl (C=O) groups is 2. The second-order valence-corrected chi connectivity index (χ2v) is 7.44. The highest BCUT2D eigenvalue weighted by Gasteiger charge is 2.44. The van der Waals surface area contributed by atoms with Gasteiger partial charge in [-0.25, -0.2) is 13.2 Å². The third-order valence-corrected chi connectivity index (χ3v) is 5.45. The maximum absolute atomic E-state index is 11.9. The largest absolute Gasteiger partial charge is 0.479 e. The predicted molar refractivity (Wildman–Crippen MR) is 65.3 cm³/mol. The van der Waals surface area contributed by atoms with Crippen molar-refractivity contribution in [3.8, 4) is 0 Å². The molecule has 8 heteroatoms. The van der Waals surface area contributed by atoms with E-state index < -0.39 is 27.3 Å². The van der Waals surface area contributed by atoms with Crippen molar-refractivity contribution in [3.63, 3.8) is 0 Å². The van der Waals surface area contributed by atoms with Gasteiger partial charge in [-0.05, 0) is 12.3 Å². The third kappa shape index (κ3) is 3.24. The molecular weight excluding hydrogens is 274 g/mol. The van der Waals surface area contributed by atoms with E-state index >= 15 is 0 Å². The van der Waals surface area contributed by atoms with Gasteiger partial charge < -0.3 is 15.2 Å². The second-order valence-electron chi connectivity index (χ2n) is 5.21. The van der Waals surface area contributed by atoms with E-state index in [1.807, 2.05) is 0 Å². The topological polar surface area (TPSA) is 110 Å². The van der Waals surface area contributed by atoms with E-state index in [0.29, 0.717) is 13.0 Å². The van der Waals surface area contributed by atoms with Crippen molar-refractivity contribution in [2.45, 2.75) is 24.8 Å². The van der Waals surface area contributed by atoms with E-state index in [9.17, 15) is 18.0 Å². The standard InChI is InChI=1S/C11H17NO6S/c13-9(5-8-1-4-19(16,17)6-8)12-11(10(14)15)2-3-18-7-11/h8H,1-7H2,(H,12,13)(H,14,15). The van der Waals surface area contributed by atoms with Crippen LogP contribution in [0.3, 0.4) is 0 Å². The van der Waals surface area contributed by atoms with Crippen LogP contribution in [0.1, 0.15) is 19.3 Å². The molecule has 19 heavy (non-hydrogen) atoms. The molecular formula is C11H17NO6S. The van der Waals surface area contributed by atoms with Crippen molar-refractivity contribution in [1.29, 1.82) is 0 Å². The molecule has 2 aliphatic rings. The van der Waals surface area contributed by atoms with Crippen LogP contribution in [0.4, 0.5) is 0 Å². The number of sulfone groups is 1. The number of hydrogen-bond donors (Lipinski definition) is 2. The molecule has 7 nitrogen and oxygen atoms in total. The first kappa shape index (κ1) is 14.3. The number of ether oxygens (including phenoxy) is 1. The lowest BCUT2D eigenvalue weighted by Gasteiger charge is -2.24. The SMILES string of the molecule is O=C(CC1CCS(=O)(=O)C1)NC1(C(=O)O)CCOC1. The molecule has 2 fully saturated rings. The zero-order valence-corrected chi connectivity index (χ0v) is 11.2. The maximum atomic E-state index is 11.9. The molecule has 2 N–H and O–H groups in total. The highest BCUT2D eigenvalue weighted by Crippen LogP contribution is 2.23. The number of amides is 1. The Morgan fingerprint density at radius 1 is 1.42 bits per heavy atom. The fourth-order valence-corrected chi connectivity index (χ4v) is 4.36. The Hall–Kier alpha value is -1.15. The average Bonchev–Trinajstić information content (AvgIpc) is 2.86. The molecule has 2 aliphatic heterocycles. The molecule has 2 atom stereocenters. The highest BCUT2D eigenvalue weighted by molar-refractivity contribution is 7.91. The van der Waals surface area contributed by atoms with Gasteiger partial charge in [-0.15, -0.1) is 0 Å². The van der Waals surface area contributed by atoms with Gasteiger partial charge in [0.2, 0.25) is 5.91 Å². The van der Waals surface area contributed by atoms with E-state index in [0.717, 1.165) is 0 Å². The van der Waals surface area contributed by atoms with Crippen molar-refractivity contribution >= 4 is 21.7 Å². The van der Waals surface area contributed by atoms with Crippen LogP contribution in [0.5, 0.6) is 0 Å². The number of aliphatic carboxylic acids is 1. The van der Waals surface area contributed by atoms with Gasteiger partial charge in [0.05, 0.1) is 18.1 Å². The van der Waals surface area contributed by atoms with Gasteiger partial charge in [0.15, 0.2) is 15.4 Å². The molecule has 0 aromatic heterocycles. The van der Waals surface area contributed by atoms with E-state index in [1.54, 1.807) is 0 Å². The van der Waals surface area contributed by atoms with Gasteiger partial charge in [0, 0.05) is 19.4 Å². The van der Waals surface area contributed by atoms with Crippen LogP contribution in [0.15, 0.2) is 0 Å². The summed E-state index contributed by atoms with van der Waals surface area (Å²) >= 11 is 0. The summed E-state index contributed by atoms with van der Waals surface area (Å²) in [5.41, 5.74) is -1.35. The molecule has 0 spiro atoms. The monoisotopic (exact) mass is 291 g/mol. The summed E-state index contributed by atoms with van der Waals surface area (Å²) in [4.78, 5) is 23.1. The summed E-state index contributed by atoms with van der Waals surface area (Å²) < 4.78 is 27.6. The molecule has 1 amide bonds. The molecule has 2 unspecified atom stereocenters. The Balaban J connectivity index is 1.92. The van der Waals surface area contributed by atoms with Gasteiger partial charge in [-0.1, -0.05) is 0 Å². The first-order valence-electron chi connectivity index (χ1n) is 6.16. The smallest absolute Gasteiger partial charge is 0.331 e. The molecule has 0 aromatic carbocycles. The van der Waals surface area contributed by atoms with E-state index in [2.05, 4.69) is 5.32 Å². The van der Waals surface area contributed by atoms with E-state index in [4.69, 9.17) is 9.84 Å². The second kappa shape index (κ2) is 5.09. The van der Waals surface area contributed by atoms with Gasteiger partial charge in [-0.2, -0.15) is 0 Å². The molecule has 2 rings (SSSR count).